The highest BCUT2D eigenvalue weighted by Crippen LogP contribution is 2.37. The molecule has 0 saturated heterocycles. The van der Waals surface area contributed by atoms with Crippen LogP contribution in [0.5, 0.6) is 0 Å². The van der Waals surface area contributed by atoms with Gasteiger partial charge in [0.1, 0.15) is 4.88 Å². The highest BCUT2D eigenvalue weighted by Gasteiger charge is 2.18. The van der Waals surface area contributed by atoms with E-state index in [0.29, 0.717) is 21.3 Å². The molecule has 0 radical (unpaired) electrons. The van der Waals surface area contributed by atoms with Crippen LogP contribution in [0.4, 0.5) is 5.69 Å². The summed E-state index contributed by atoms with van der Waals surface area (Å²) in [6.45, 7) is 1.87. The Hall–Kier alpha value is -2.38. The lowest BCUT2D eigenvalue weighted by molar-refractivity contribution is 0.0606. The molecule has 24 heavy (non-hydrogen) atoms. The summed E-state index contributed by atoms with van der Waals surface area (Å²) in [5.41, 5.74) is 1.84. The number of aryl methyl sites for hydroxylation is 2. The summed E-state index contributed by atoms with van der Waals surface area (Å²) in [5.74, 6) is -0.773. The Bertz CT molecular complexity index is 942. The number of rotatable bonds is 3. The van der Waals surface area contributed by atoms with E-state index in [4.69, 9.17) is 16.3 Å². The summed E-state index contributed by atoms with van der Waals surface area (Å²) >= 11 is 7.44. The van der Waals surface area contributed by atoms with Crippen LogP contribution in [0.2, 0.25) is 5.02 Å². The van der Waals surface area contributed by atoms with Crippen molar-refractivity contribution in [1.82, 2.24) is 9.78 Å². The first-order chi connectivity index (χ1) is 11.4. The molecule has 1 amide bonds. The van der Waals surface area contributed by atoms with E-state index in [9.17, 15) is 9.59 Å². The zero-order valence-corrected chi connectivity index (χ0v) is 14.8. The van der Waals surface area contributed by atoms with Gasteiger partial charge in [-0.2, -0.15) is 5.10 Å². The van der Waals surface area contributed by atoms with Crippen molar-refractivity contribution in [2.45, 2.75) is 6.92 Å². The molecule has 0 aliphatic rings. The normalized spacial score (nSPS) is 10.8. The molecule has 124 valence electrons. The molecule has 0 aliphatic carbocycles. The summed E-state index contributed by atoms with van der Waals surface area (Å²) in [4.78, 5) is 24.3. The van der Waals surface area contributed by atoms with Crippen molar-refractivity contribution < 1.29 is 14.3 Å². The lowest BCUT2D eigenvalue weighted by Gasteiger charge is -2.03. The molecule has 8 heteroatoms. The number of hydrogen-bond donors (Lipinski definition) is 1. The van der Waals surface area contributed by atoms with Crippen LogP contribution in [0.1, 0.15) is 25.9 Å². The van der Waals surface area contributed by atoms with E-state index in [0.717, 1.165) is 15.8 Å². The molecule has 0 saturated carbocycles. The van der Waals surface area contributed by atoms with Crippen molar-refractivity contribution in [2.75, 3.05) is 12.4 Å². The Labute approximate surface area is 147 Å². The van der Waals surface area contributed by atoms with Gasteiger partial charge in [-0.15, -0.1) is 11.3 Å². The van der Waals surface area contributed by atoms with Gasteiger partial charge in [-0.25, -0.2) is 4.79 Å². The summed E-state index contributed by atoms with van der Waals surface area (Å²) in [5, 5.41) is 8.05. The Balaban J connectivity index is 1.90. The van der Waals surface area contributed by atoms with Gasteiger partial charge in [0.05, 0.1) is 12.1 Å². The number of benzene rings is 1. The first-order valence-electron chi connectivity index (χ1n) is 7.03. The van der Waals surface area contributed by atoms with Crippen LogP contribution in [0.3, 0.4) is 0 Å². The molecule has 0 bridgehead atoms. The van der Waals surface area contributed by atoms with Crippen molar-refractivity contribution in [3.05, 3.63) is 45.6 Å². The van der Waals surface area contributed by atoms with E-state index >= 15 is 0 Å². The lowest BCUT2D eigenvalue weighted by Crippen LogP contribution is -2.12. The average molecular weight is 364 g/mol. The van der Waals surface area contributed by atoms with Gasteiger partial charge in [0.25, 0.3) is 5.91 Å². The van der Waals surface area contributed by atoms with Crippen LogP contribution in [-0.2, 0) is 11.8 Å². The van der Waals surface area contributed by atoms with Gasteiger partial charge >= 0.3 is 5.97 Å². The number of esters is 1. The van der Waals surface area contributed by atoms with Crippen molar-refractivity contribution in [3.8, 4) is 0 Å². The van der Waals surface area contributed by atoms with Gasteiger partial charge in [-0.1, -0.05) is 11.6 Å². The maximum atomic E-state index is 12.3. The number of methoxy groups -OCH3 is 1. The van der Waals surface area contributed by atoms with E-state index < -0.39 is 5.97 Å². The van der Waals surface area contributed by atoms with Gasteiger partial charge in [0.2, 0.25) is 0 Å². The molecule has 6 nitrogen and oxygen atoms in total. The molecule has 2 aromatic heterocycles. The number of nitrogens with zero attached hydrogens (tertiary/aromatic N) is 2. The number of aromatic nitrogens is 2. The van der Waals surface area contributed by atoms with E-state index in [1.54, 1.807) is 36.0 Å². The summed E-state index contributed by atoms with van der Waals surface area (Å²) < 4.78 is 7.15. The maximum Gasteiger partial charge on any atom is 0.349 e. The number of ether oxygens (including phenoxy) is 1. The third-order valence-electron chi connectivity index (χ3n) is 3.60. The maximum absolute atomic E-state index is 12.3. The first-order valence-corrected chi connectivity index (χ1v) is 8.22. The van der Waals surface area contributed by atoms with Crippen molar-refractivity contribution in [3.63, 3.8) is 0 Å². The summed E-state index contributed by atoms with van der Waals surface area (Å²) in [6, 6.07) is 6.98. The quantitative estimate of drug-likeness (QED) is 0.721. The summed E-state index contributed by atoms with van der Waals surface area (Å²) in [6.07, 6.45) is 0. The van der Waals surface area contributed by atoms with Crippen LogP contribution in [0.15, 0.2) is 24.3 Å². The zero-order chi connectivity index (χ0) is 17.4. The minimum atomic E-state index is -0.476. The van der Waals surface area contributed by atoms with Gasteiger partial charge in [-0.3, -0.25) is 9.48 Å². The second-order valence-corrected chi connectivity index (χ2v) is 6.63. The second kappa shape index (κ2) is 6.26. The molecule has 0 unspecified atom stereocenters. The highest BCUT2D eigenvalue weighted by molar-refractivity contribution is 7.21. The molecule has 2 heterocycles. The Morgan fingerprint density at radius 3 is 2.71 bits per heavy atom. The number of nitrogens with one attached hydrogen (secondary N) is 1. The largest absolute Gasteiger partial charge is 0.465 e. The Morgan fingerprint density at radius 2 is 2.08 bits per heavy atom. The number of thiophene rings is 1. The number of anilines is 1. The molecule has 3 aromatic rings. The predicted molar refractivity (Wildman–Crippen MR) is 94.1 cm³/mol. The van der Waals surface area contributed by atoms with Crippen molar-refractivity contribution >= 4 is 50.6 Å². The lowest BCUT2D eigenvalue weighted by atomic mass is 10.2. The monoisotopic (exact) mass is 363 g/mol. The fraction of sp³-hybridized carbons (Fsp3) is 0.188. The first kappa shape index (κ1) is 16.5. The fourth-order valence-corrected chi connectivity index (χ4v) is 3.70. The standard InChI is InChI=1S/C16H14ClN3O3S/c1-8-6-11(19-20(8)2)15(21)18-9-4-5-10-12(7-9)24-14(13(10)17)16(22)23-3/h4-7H,1-3H3,(H,18,21). The van der Waals surface area contributed by atoms with Crippen LogP contribution in [-0.4, -0.2) is 28.8 Å². The molecule has 1 aromatic carbocycles. The van der Waals surface area contributed by atoms with E-state index in [1.165, 1.54) is 18.4 Å². The number of hydrogen-bond acceptors (Lipinski definition) is 5. The van der Waals surface area contributed by atoms with E-state index in [1.807, 2.05) is 6.92 Å². The molecular weight excluding hydrogens is 350 g/mol. The number of carbonyl (C=O) groups is 2. The van der Waals surface area contributed by atoms with Crippen LogP contribution in [0, 0.1) is 6.92 Å². The SMILES string of the molecule is COC(=O)c1sc2cc(NC(=O)c3cc(C)n(C)n3)ccc2c1Cl. The molecule has 1 N–H and O–H groups in total. The topological polar surface area (TPSA) is 73.2 Å². The van der Waals surface area contributed by atoms with Crippen molar-refractivity contribution in [2.24, 2.45) is 7.05 Å². The molecular formula is C16H14ClN3O3S. The van der Waals surface area contributed by atoms with Crippen LogP contribution < -0.4 is 5.32 Å². The van der Waals surface area contributed by atoms with Gasteiger partial charge < -0.3 is 10.1 Å². The third kappa shape index (κ3) is 2.88. The second-order valence-electron chi connectivity index (χ2n) is 5.20. The fourth-order valence-electron chi connectivity index (χ4n) is 2.23. The summed E-state index contributed by atoms with van der Waals surface area (Å²) in [7, 11) is 3.09. The molecule has 0 aliphatic heterocycles. The van der Waals surface area contributed by atoms with Crippen LogP contribution >= 0.6 is 22.9 Å². The smallest absolute Gasteiger partial charge is 0.349 e. The minimum Gasteiger partial charge on any atom is -0.465 e. The van der Waals surface area contributed by atoms with E-state index in [-0.39, 0.29) is 5.91 Å². The highest BCUT2D eigenvalue weighted by atomic mass is 35.5. The zero-order valence-electron chi connectivity index (χ0n) is 13.2. The number of fused-ring (bicyclic) bond motifs is 1. The molecule has 0 atom stereocenters. The average Bonchev–Trinajstić information content (AvgIpc) is 3.07. The van der Waals surface area contributed by atoms with Crippen molar-refractivity contribution in [1.29, 1.82) is 0 Å². The number of amides is 1. The predicted octanol–water partition coefficient (Wildman–Crippen LogP) is 3.64. The third-order valence-corrected chi connectivity index (χ3v) is 5.24. The van der Waals surface area contributed by atoms with Gasteiger partial charge in [0, 0.05) is 28.5 Å². The minimum absolute atomic E-state index is 0.297. The van der Waals surface area contributed by atoms with Gasteiger partial charge in [-0.05, 0) is 31.2 Å². The number of carbonyl (C=O) groups excluding carboxylic acids is 2. The number of halogens is 1. The Morgan fingerprint density at radius 1 is 1.33 bits per heavy atom. The van der Waals surface area contributed by atoms with Crippen LogP contribution in [0.25, 0.3) is 10.1 Å². The van der Waals surface area contributed by atoms with E-state index in [2.05, 4.69) is 10.4 Å². The molecule has 0 spiro atoms. The Kier molecular flexibility index (Phi) is 4.29. The molecule has 3 rings (SSSR count). The molecule has 0 fully saturated rings. The van der Waals surface area contributed by atoms with Gasteiger partial charge in [0.15, 0.2) is 5.69 Å².